The minimum absolute atomic E-state index is 0.0474. The number of rotatable bonds is 5. The summed E-state index contributed by atoms with van der Waals surface area (Å²) < 4.78 is 0. The van der Waals surface area contributed by atoms with Gasteiger partial charge in [-0.05, 0) is 36.8 Å². The summed E-state index contributed by atoms with van der Waals surface area (Å²) in [6, 6.07) is 18.3. The summed E-state index contributed by atoms with van der Waals surface area (Å²) in [5.74, 6) is 0.0474. The van der Waals surface area contributed by atoms with Gasteiger partial charge in [-0.15, -0.1) is 11.6 Å². The predicted octanol–water partition coefficient (Wildman–Crippen LogP) is 5.89. The van der Waals surface area contributed by atoms with Gasteiger partial charge in [-0.1, -0.05) is 54.6 Å². The van der Waals surface area contributed by atoms with Gasteiger partial charge in [-0.3, -0.25) is 9.97 Å². The van der Waals surface area contributed by atoms with Crippen LogP contribution in [-0.2, 0) is 0 Å². The Morgan fingerprint density at radius 3 is 2.11 bits per heavy atom. The van der Waals surface area contributed by atoms with E-state index in [1.54, 1.807) is 12.4 Å². The monoisotopic (exact) mass is 387 g/mol. The van der Waals surface area contributed by atoms with Crippen molar-refractivity contribution in [2.45, 2.75) is 23.8 Å². The molecule has 140 valence electrons. The van der Waals surface area contributed by atoms with E-state index < -0.39 is 4.87 Å². The van der Waals surface area contributed by atoms with Crippen LogP contribution < -0.4 is 4.90 Å². The molecule has 0 N–H and O–H groups in total. The Balaban J connectivity index is 1.80. The van der Waals surface area contributed by atoms with Crippen LogP contribution in [0.2, 0.25) is 0 Å². The first-order chi connectivity index (χ1) is 13.7. The Morgan fingerprint density at radius 2 is 1.54 bits per heavy atom. The molecule has 1 aliphatic rings. The number of alkyl halides is 1. The second-order valence-corrected chi connectivity index (χ2v) is 7.58. The van der Waals surface area contributed by atoms with E-state index in [0.29, 0.717) is 0 Å². The van der Waals surface area contributed by atoms with Crippen molar-refractivity contribution < 1.29 is 0 Å². The molecule has 0 fully saturated rings. The lowest BCUT2D eigenvalue weighted by Crippen LogP contribution is -2.48. The minimum Gasteiger partial charge on any atom is -0.334 e. The van der Waals surface area contributed by atoms with Crippen LogP contribution in [-0.4, -0.2) is 20.9 Å². The fraction of sp³-hybridized carbons (Fsp3) is 0.167. The number of allylic oxidation sites excluding steroid dienone is 3. The van der Waals surface area contributed by atoms with Gasteiger partial charge in [0, 0.05) is 18.3 Å². The highest BCUT2D eigenvalue weighted by Crippen LogP contribution is 2.45. The maximum absolute atomic E-state index is 7.40. The molecule has 3 unspecified atom stereocenters. The lowest BCUT2D eigenvalue weighted by Gasteiger charge is -2.44. The summed E-state index contributed by atoms with van der Waals surface area (Å²) in [6.07, 6.45) is 15.7. The van der Waals surface area contributed by atoms with E-state index in [1.165, 1.54) is 5.56 Å². The Morgan fingerprint density at radius 1 is 0.893 bits per heavy atom. The third-order valence-corrected chi connectivity index (χ3v) is 5.95. The van der Waals surface area contributed by atoms with E-state index >= 15 is 0 Å². The molecular formula is C24H22ClN3. The van der Waals surface area contributed by atoms with Gasteiger partial charge in [0.2, 0.25) is 0 Å². The molecule has 0 radical (unpaired) electrons. The molecule has 3 nitrogen and oxygen atoms in total. The van der Waals surface area contributed by atoms with Crippen LogP contribution in [0.25, 0.3) is 0 Å². The highest BCUT2D eigenvalue weighted by Gasteiger charge is 2.43. The molecule has 28 heavy (non-hydrogen) atoms. The molecule has 0 bridgehead atoms. The summed E-state index contributed by atoms with van der Waals surface area (Å²) in [5, 5.41) is 0. The number of aromatic nitrogens is 2. The first-order valence-corrected chi connectivity index (χ1v) is 9.77. The molecule has 3 aromatic rings. The van der Waals surface area contributed by atoms with Crippen molar-refractivity contribution in [1.82, 2.24) is 9.97 Å². The van der Waals surface area contributed by atoms with Crippen LogP contribution in [0, 0.1) is 0 Å². The topological polar surface area (TPSA) is 29.0 Å². The highest BCUT2D eigenvalue weighted by atomic mass is 35.5. The van der Waals surface area contributed by atoms with E-state index in [0.717, 1.165) is 11.4 Å². The van der Waals surface area contributed by atoms with Gasteiger partial charge >= 0.3 is 0 Å². The average Bonchev–Trinajstić information content (AvgIpc) is 2.76. The van der Waals surface area contributed by atoms with Gasteiger partial charge in [-0.2, -0.15) is 0 Å². The zero-order valence-corrected chi connectivity index (χ0v) is 16.4. The van der Waals surface area contributed by atoms with Gasteiger partial charge in [0.15, 0.2) is 0 Å². The van der Waals surface area contributed by atoms with E-state index in [9.17, 15) is 0 Å². The van der Waals surface area contributed by atoms with Crippen LogP contribution in [0.15, 0.2) is 104 Å². The van der Waals surface area contributed by atoms with Crippen LogP contribution in [0.5, 0.6) is 0 Å². The van der Waals surface area contributed by atoms with Crippen molar-refractivity contribution in [3.05, 3.63) is 109 Å². The summed E-state index contributed by atoms with van der Waals surface area (Å²) >= 11 is 7.40. The van der Waals surface area contributed by atoms with Gasteiger partial charge in [0.25, 0.3) is 0 Å². The quantitative estimate of drug-likeness (QED) is 0.511. The van der Waals surface area contributed by atoms with Crippen LogP contribution >= 0.6 is 11.6 Å². The Labute approximate surface area is 171 Å². The van der Waals surface area contributed by atoms with Crippen LogP contribution in [0.3, 0.4) is 0 Å². The summed E-state index contributed by atoms with van der Waals surface area (Å²) in [4.78, 5) is 10.2. The van der Waals surface area contributed by atoms with Crippen LogP contribution in [0.4, 0.5) is 11.4 Å². The standard InChI is InChI=1S/C24H22ClN3/c1-19(24(25)14-6-5-13-23(24)20-9-3-2-4-10-20)28(21-11-7-15-26-17-21)22-12-8-16-27-18-22/h2-19,23H,1H3. The fourth-order valence-electron chi connectivity index (χ4n) is 3.84. The first-order valence-electron chi connectivity index (χ1n) is 9.39. The number of halogens is 1. The number of hydrogen-bond donors (Lipinski definition) is 0. The van der Waals surface area contributed by atoms with E-state index in [2.05, 4.69) is 76.4 Å². The molecule has 0 aliphatic heterocycles. The molecule has 1 aliphatic carbocycles. The maximum Gasteiger partial charge on any atom is 0.0935 e. The molecule has 4 heteroatoms. The third kappa shape index (κ3) is 3.46. The van der Waals surface area contributed by atoms with E-state index in [4.69, 9.17) is 11.6 Å². The molecule has 1 aromatic carbocycles. The van der Waals surface area contributed by atoms with Gasteiger partial charge in [0.1, 0.15) is 0 Å². The normalized spacial score (nSPS) is 22.0. The number of nitrogens with zero attached hydrogens (tertiary/aromatic N) is 3. The Bertz CT molecular complexity index is 917. The number of anilines is 2. The summed E-state index contributed by atoms with van der Waals surface area (Å²) in [5.41, 5.74) is 3.16. The maximum atomic E-state index is 7.40. The molecule has 3 atom stereocenters. The number of hydrogen-bond acceptors (Lipinski definition) is 3. The molecule has 4 rings (SSSR count). The zero-order chi connectivity index (χ0) is 19.4. The van der Waals surface area contributed by atoms with E-state index in [1.807, 2.05) is 36.7 Å². The van der Waals surface area contributed by atoms with Crippen molar-refractivity contribution in [2.24, 2.45) is 0 Å². The predicted molar refractivity (Wildman–Crippen MR) is 116 cm³/mol. The van der Waals surface area contributed by atoms with Crippen molar-refractivity contribution in [3.8, 4) is 0 Å². The van der Waals surface area contributed by atoms with E-state index in [-0.39, 0.29) is 12.0 Å². The van der Waals surface area contributed by atoms with Crippen molar-refractivity contribution >= 4 is 23.0 Å². The van der Waals surface area contributed by atoms with Crippen LogP contribution in [0.1, 0.15) is 18.4 Å². The molecule has 0 spiro atoms. The smallest absolute Gasteiger partial charge is 0.0935 e. The van der Waals surface area contributed by atoms with Crippen molar-refractivity contribution in [1.29, 1.82) is 0 Å². The molecular weight excluding hydrogens is 366 g/mol. The number of benzene rings is 1. The summed E-state index contributed by atoms with van der Waals surface area (Å²) in [7, 11) is 0. The molecule has 2 aromatic heterocycles. The third-order valence-electron chi connectivity index (χ3n) is 5.28. The number of pyridine rings is 2. The SMILES string of the molecule is CC(N(c1cccnc1)c1cccnc1)C1(Cl)C=CC=CC1c1ccccc1. The van der Waals surface area contributed by atoms with Crippen molar-refractivity contribution in [3.63, 3.8) is 0 Å². The van der Waals surface area contributed by atoms with Crippen molar-refractivity contribution in [2.75, 3.05) is 4.90 Å². The second-order valence-electron chi connectivity index (χ2n) is 6.93. The first kappa shape index (κ1) is 18.5. The molecule has 0 amide bonds. The van der Waals surface area contributed by atoms with Gasteiger partial charge < -0.3 is 4.90 Å². The largest absolute Gasteiger partial charge is 0.334 e. The summed E-state index contributed by atoms with van der Waals surface area (Å²) in [6.45, 7) is 2.16. The Hall–Kier alpha value is -2.91. The second kappa shape index (κ2) is 7.99. The fourth-order valence-corrected chi connectivity index (χ4v) is 4.21. The highest BCUT2D eigenvalue weighted by molar-refractivity contribution is 6.27. The average molecular weight is 388 g/mol. The lowest BCUT2D eigenvalue weighted by molar-refractivity contribution is 0.513. The zero-order valence-electron chi connectivity index (χ0n) is 15.7. The lowest BCUT2D eigenvalue weighted by atomic mass is 9.77. The van der Waals surface area contributed by atoms with Gasteiger partial charge in [0.05, 0.1) is 34.7 Å². The molecule has 0 saturated heterocycles. The molecule has 0 saturated carbocycles. The van der Waals surface area contributed by atoms with Gasteiger partial charge in [-0.25, -0.2) is 0 Å². The Kier molecular flexibility index (Phi) is 5.27. The molecule has 2 heterocycles. The minimum atomic E-state index is -0.637.